The minimum absolute atomic E-state index is 0.0248. The lowest BCUT2D eigenvalue weighted by Gasteiger charge is -2.20. The number of methoxy groups -OCH3 is 1. The van der Waals surface area contributed by atoms with Gasteiger partial charge in [-0.25, -0.2) is 0 Å². The molecular formula is C12H20N4O2. The lowest BCUT2D eigenvalue weighted by molar-refractivity contribution is 0.147. The van der Waals surface area contributed by atoms with E-state index < -0.39 is 0 Å². The summed E-state index contributed by atoms with van der Waals surface area (Å²) in [4.78, 5) is 6.29. The van der Waals surface area contributed by atoms with Gasteiger partial charge < -0.3 is 15.7 Å². The van der Waals surface area contributed by atoms with Crippen LogP contribution in [0.1, 0.15) is 18.2 Å². The molecule has 0 aliphatic carbocycles. The van der Waals surface area contributed by atoms with Gasteiger partial charge in [-0.15, -0.1) is 0 Å². The van der Waals surface area contributed by atoms with Crippen LogP contribution in [0.5, 0.6) is 0 Å². The highest BCUT2D eigenvalue weighted by molar-refractivity contribution is 5.95. The summed E-state index contributed by atoms with van der Waals surface area (Å²) >= 11 is 0. The Bertz CT molecular complexity index is 395. The van der Waals surface area contributed by atoms with Gasteiger partial charge in [0, 0.05) is 26.4 Å². The fourth-order valence-corrected chi connectivity index (χ4v) is 1.59. The first kappa shape index (κ1) is 14.4. The van der Waals surface area contributed by atoms with Gasteiger partial charge >= 0.3 is 0 Å². The molecule has 18 heavy (non-hydrogen) atoms. The number of nitrogens with two attached hydrogens (primary N) is 1. The molecule has 0 radical (unpaired) electrons. The molecule has 100 valence electrons. The molecule has 3 N–H and O–H groups in total. The van der Waals surface area contributed by atoms with Crippen LogP contribution in [0.25, 0.3) is 0 Å². The molecule has 0 spiro atoms. The fraction of sp³-hybridized carbons (Fsp3) is 0.500. The second-order valence-electron chi connectivity index (χ2n) is 3.90. The number of nitrogens with zero attached hydrogens (tertiary/aromatic N) is 3. The molecule has 0 saturated carbocycles. The number of amidine groups is 1. The van der Waals surface area contributed by atoms with Gasteiger partial charge in [-0.1, -0.05) is 12.1 Å². The van der Waals surface area contributed by atoms with E-state index in [-0.39, 0.29) is 5.84 Å². The van der Waals surface area contributed by atoms with Gasteiger partial charge in [0.05, 0.1) is 6.61 Å². The summed E-state index contributed by atoms with van der Waals surface area (Å²) < 4.78 is 5.07. The maximum Gasteiger partial charge on any atom is 0.188 e. The van der Waals surface area contributed by atoms with E-state index in [1.54, 1.807) is 13.3 Å². The van der Waals surface area contributed by atoms with Crippen LogP contribution >= 0.6 is 0 Å². The predicted octanol–water partition coefficient (Wildman–Crippen LogP) is 0.644. The number of rotatable bonds is 7. The number of ether oxygens (including phenoxy) is 1. The number of hydrogen-bond acceptors (Lipinski definition) is 5. The average Bonchev–Trinajstić information content (AvgIpc) is 2.42. The van der Waals surface area contributed by atoms with E-state index in [1.165, 1.54) is 0 Å². The molecular weight excluding hydrogens is 232 g/mol. The van der Waals surface area contributed by atoms with Crippen molar-refractivity contribution in [2.24, 2.45) is 10.9 Å². The van der Waals surface area contributed by atoms with Crippen molar-refractivity contribution in [1.29, 1.82) is 0 Å². The van der Waals surface area contributed by atoms with E-state index in [4.69, 9.17) is 15.7 Å². The van der Waals surface area contributed by atoms with E-state index >= 15 is 0 Å². The molecule has 1 heterocycles. The first-order chi connectivity index (χ1) is 8.71. The zero-order chi connectivity index (χ0) is 13.4. The topological polar surface area (TPSA) is 84.0 Å². The Morgan fingerprint density at radius 2 is 2.39 bits per heavy atom. The lowest BCUT2D eigenvalue weighted by atomic mass is 10.2. The summed E-state index contributed by atoms with van der Waals surface area (Å²) in [6, 6.07) is 3.74. The monoisotopic (exact) mass is 252 g/mol. The van der Waals surface area contributed by atoms with Crippen molar-refractivity contribution >= 4 is 5.84 Å². The lowest BCUT2D eigenvalue weighted by Crippen LogP contribution is -2.27. The van der Waals surface area contributed by atoms with E-state index in [1.807, 2.05) is 12.1 Å². The van der Waals surface area contributed by atoms with Crippen LogP contribution in [0.2, 0.25) is 0 Å². The van der Waals surface area contributed by atoms with Crippen LogP contribution < -0.4 is 5.73 Å². The van der Waals surface area contributed by atoms with Crippen molar-refractivity contribution in [3.63, 3.8) is 0 Å². The van der Waals surface area contributed by atoms with Crippen molar-refractivity contribution in [1.82, 2.24) is 9.88 Å². The molecule has 0 atom stereocenters. The van der Waals surface area contributed by atoms with Crippen LogP contribution in [0.3, 0.4) is 0 Å². The second-order valence-corrected chi connectivity index (χ2v) is 3.90. The molecule has 6 heteroatoms. The van der Waals surface area contributed by atoms with Gasteiger partial charge in [0.25, 0.3) is 0 Å². The number of oxime groups is 1. The summed E-state index contributed by atoms with van der Waals surface area (Å²) in [5, 5.41) is 11.6. The Morgan fingerprint density at radius 3 is 3.00 bits per heavy atom. The van der Waals surface area contributed by atoms with E-state index in [2.05, 4.69) is 22.0 Å². The normalized spacial score (nSPS) is 12.1. The van der Waals surface area contributed by atoms with Gasteiger partial charge in [0.1, 0.15) is 5.69 Å². The summed E-state index contributed by atoms with van der Waals surface area (Å²) in [6.07, 6.45) is 1.66. The highest BCUT2D eigenvalue weighted by Crippen LogP contribution is 2.06. The van der Waals surface area contributed by atoms with Crippen LogP contribution in [-0.4, -0.2) is 47.7 Å². The third-order valence-corrected chi connectivity index (χ3v) is 2.66. The van der Waals surface area contributed by atoms with Crippen molar-refractivity contribution < 1.29 is 9.94 Å². The molecule has 6 nitrogen and oxygen atoms in total. The molecule has 0 bridgehead atoms. The van der Waals surface area contributed by atoms with E-state index in [9.17, 15) is 0 Å². The van der Waals surface area contributed by atoms with Crippen LogP contribution in [0, 0.1) is 0 Å². The predicted molar refractivity (Wildman–Crippen MR) is 69.6 cm³/mol. The summed E-state index contributed by atoms with van der Waals surface area (Å²) in [6.45, 7) is 5.39. The van der Waals surface area contributed by atoms with Gasteiger partial charge in [0.2, 0.25) is 0 Å². The minimum atomic E-state index is 0.0248. The fourth-order valence-electron chi connectivity index (χ4n) is 1.59. The minimum Gasteiger partial charge on any atom is -0.409 e. The summed E-state index contributed by atoms with van der Waals surface area (Å²) in [7, 11) is 1.69. The number of hydrogen-bond donors (Lipinski definition) is 2. The van der Waals surface area contributed by atoms with Crippen molar-refractivity contribution in [2.45, 2.75) is 13.5 Å². The Hall–Kier alpha value is -1.66. The van der Waals surface area contributed by atoms with Crippen LogP contribution in [0.4, 0.5) is 0 Å². The Morgan fingerprint density at radius 1 is 1.61 bits per heavy atom. The molecule has 0 aromatic carbocycles. The smallest absolute Gasteiger partial charge is 0.188 e. The first-order valence-corrected chi connectivity index (χ1v) is 5.85. The van der Waals surface area contributed by atoms with Crippen molar-refractivity contribution in [2.75, 3.05) is 26.8 Å². The van der Waals surface area contributed by atoms with Gasteiger partial charge in [-0.3, -0.25) is 9.88 Å². The third-order valence-electron chi connectivity index (χ3n) is 2.66. The molecule has 1 aromatic heterocycles. The molecule has 0 aliphatic rings. The number of aromatic nitrogens is 1. The quantitative estimate of drug-likeness (QED) is 0.322. The van der Waals surface area contributed by atoms with Crippen LogP contribution in [-0.2, 0) is 11.3 Å². The largest absolute Gasteiger partial charge is 0.409 e. The summed E-state index contributed by atoms with van der Waals surface area (Å²) in [5.41, 5.74) is 7.07. The Labute approximate surface area is 107 Å². The van der Waals surface area contributed by atoms with Gasteiger partial charge in [-0.2, -0.15) is 0 Å². The second kappa shape index (κ2) is 7.62. The standard InChI is InChI=1S/C12H20N4O2/c1-3-16(6-7-18-2)9-10-4-5-14-11(8-10)12(13)15-17/h4-5,8,17H,3,6-7,9H2,1-2H3,(H2,13,15). The van der Waals surface area contributed by atoms with Gasteiger partial charge in [0.15, 0.2) is 5.84 Å². The first-order valence-electron chi connectivity index (χ1n) is 5.85. The SMILES string of the molecule is CCN(CCOC)Cc1ccnc(C(N)=NO)c1. The molecule has 0 fully saturated rings. The number of pyridine rings is 1. The zero-order valence-corrected chi connectivity index (χ0v) is 10.8. The van der Waals surface area contributed by atoms with Gasteiger partial charge in [-0.05, 0) is 24.2 Å². The Balaban J connectivity index is 2.71. The number of likely N-dealkylation sites (N-methyl/N-ethyl adjacent to an activating group) is 1. The zero-order valence-electron chi connectivity index (χ0n) is 10.8. The van der Waals surface area contributed by atoms with Crippen LogP contribution in [0.15, 0.2) is 23.5 Å². The maximum atomic E-state index is 8.62. The third kappa shape index (κ3) is 4.31. The molecule has 1 aromatic rings. The van der Waals surface area contributed by atoms with E-state index in [0.717, 1.165) is 25.2 Å². The van der Waals surface area contributed by atoms with Crippen molar-refractivity contribution in [3.05, 3.63) is 29.6 Å². The van der Waals surface area contributed by atoms with E-state index in [0.29, 0.717) is 12.3 Å². The highest BCUT2D eigenvalue weighted by Gasteiger charge is 2.06. The average molecular weight is 252 g/mol. The molecule has 0 unspecified atom stereocenters. The van der Waals surface area contributed by atoms with Crippen molar-refractivity contribution in [3.8, 4) is 0 Å². The molecule has 0 aliphatic heterocycles. The highest BCUT2D eigenvalue weighted by atomic mass is 16.5. The molecule has 1 rings (SSSR count). The summed E-state index contributed by atoms with van der Waals surface area (Å²) in [5.74, 6) is 0.0248. The maximum absolute atomic E-state index is 8.62. The molecule has 0 amide bonds. The Kier molecular flexibility index (Phi) is 6.10. The molecule has 0 saturated heterocycles.